The molecule has 0 aromatic heterocycles. The zero-order valence-electron chi connectivity index (χ0n) is 21.8. The summed E-state index contributed by atoms with van der Waals surface area (Å²) in [4.78, 5) is 53.7. The lowest BCUT2D eigenvalue weighted by molar-refractivity contribution is -0.138. The Labute approximate surface area is 264 Å². The van der Waals surface area contributed by atoms with Crippen LogP contribution in [0, 0.1) is 17.8 Å². The van der Waals surface area contributed by atoms with Crippen molar-refractivity contribution in [2.75, 3.05) is 10.4 Å². The normalized spacial score (nSPS) is 32.2. The molecule has 3 aromatic carbocycles. The number of hydrogen-bond acceptors (Lipinski definition) is 5. The molecule has 2 heterocycles. The van der Waals surface area contributed by atoms with Gasteiger partial charge < -0.3 is 5.11 Å². The summed E-state index contributed by atoms with van der Waals surface area (Å²) in [6, 6.07) is 17.2. The molecule has 0 radical (unpaired) electrons. The second-order valence-electron chi connectivity index (χ2n) is 11.2. The number of allylic oxidation sites excluding steroid dienone is 2. The van der Waals surface area contributed by atoms with Gasteiger partial charge in [0.15, 0.2) is 9.75 Å². The number of carbonyl (C=O) groups is 4. The average Bonchev–Trinajstić information content (AvgIpc) is 3.32. The topological polar surface area (TPSA) is 95.0 Å². The van der Waals surface area contributed by atoms with Gasteiger partial charge in [0.25, 0.3) is 11.8 Å². The van der Waals surface area contributed by atoms with Crippen molar-refractivity contribution >= 4 is 90.8 Å². The minimum atomic E-state index is -1.99. The molecule has 2 aliphatic heterocycles. The molecule has 4 amide bonds. The number of anilines is 1. The molecule has 42 heavy (non-hydrogen) atoms. The largest absolute Gasteiger partial charge is 0.507 e. The first-order valence-corrected chi connectivity index (χ1v) is 15.6. The molecular weight excluding hydrogens is 667 g/mol. The summed E-state index contributed by atoms with van der Waals surface area (Å²) < 4.78 is 0. The predicted octanol–water partition coefficient (Wildman–Crippen LogP) is 6.11. The second kappa shape index (κ2) is 9.55. The number of amides is 4. The molecule has 7 rings (SSSR count). The van der Waals surface area contributed by atoms with E-state index < -0.39 is 51.1 Å². The number of hydrogen-bond donors (Lipinski definition) is 1. The molecule has 3 aromatic rings. The fraction of sp³-hybridized carbons (Fsp3) is 0.290. The highest BCUT2D eigenvalue weighted by Gasteiger charge is 2.76. The van der Waals surface area contributed by atoms with Gasteiger partial charge in [-0.05, 0) is 48.4 Å². The Bertz CT molecular complexity index is 1760. The van der Waals surface area contributed by atoms with Crippen molar-refractivity contribution in [2.24, 2.45) is 17.8 Å². The van der Waals surface area contributed by atoms with Gasteiger partial charge in [-0.15, -0.1) is 23.2 Å². The predicted molar refractivity (Wildman–Crippen MR) is 163 cm³/mol. The number of fused-ring (bicyclic) bond motifs is 5. The maximum Gasteiger partial charge on any atom is 0.254 e. The lowest BCUT2D eigenvalue weighted by Crippen LogP contribution is -2.60. The maximum absolute atomic E-state index is 14.1. The molecule has 0 spiro atoms. The SMILES string of the molecule is O=C1C2CC=C3C(CC4(Cl)C(=O)N(CBr)C(=O)C4(Cl)C3c3ccc4ccccc4c3O)C2C(=O)N1c1ccc(Cl)cc1. The van der Waals surface area contributed by atoms with Crippen LogP contribution in [0.2, 0.25) is 5.02 Å². The summed E-state index contributed by atoms with van der Waals surface area (Å²) in [6.45, 7) is 0. The van der Waals surface area contributed by atoms with Crippen LogP contribution in [-0.4, -0.2) is 48.8 Å². The summed E-state index contributed by atoms with van der Waals surface area (Å²) in [5.74, 6) is -5.48. The van der Waals surface area contributed by atoms with Crippen molar-refractivity contribution in [1.82, 2.24) is 4.90 Å². The minimum absolute atomic E-state index is 0.0880. The molecule has 4 aliphatic rings. The Balaban J connectivity index is 1.43. The lowest BCUT2D eigenvalue weighted by Gasteiger charge is -2.50. The number of nitrogens with zero attached hydrogens (tertiary/aromatic N) is 2. The highest BCUT2D eigenvalue weighted by Crippen LogP contribution is 2.66. The van der Waals surface area contributed by atoms with Crippen LogP contribution in [0.15, 0.2) is 72.3 Å². The van der Waals surface area contributed by atoms with Gasteiger partial charge in [0.05, 0.1) is 23.0 Å². The van der Waals surface area contributed by atoms with Crippen molar-refractivity contribution < 1.29 is 24.3 Å². The van der Waals surface area contributed by atoms with Crippen LogP contribution < -0.4 is 4.90 Å². The molecule has 214 valence electrons. The van der Waals surface area contributed by atoms with Gasteiger partial charge in [-0.3, -0.25) is 29.0 Å². The molecule has 1 N–H and O–H groups in total. The van der Waals surface area contributed by atoms with Crippen molar-refractivity contribution in [1.29, 1.82) is 0 Å². The van der Waals surface area contributed by atoms with Gasteiger partial charge in [-0.1, -0.05) is 75.6 Å². The number of phenols is 1. The van der Waals surface area contributed by atoms with E-state index in [1.807, 2.05) is 24.3 Å². The zero-order chi connectivity index (χ0) is 29.7. The first kappa shape index (κ1) is 27.9. The second-order valence-corrected chi connectivity index (χ2v) is 13.4. The smallest absolute Gasteiger partial charge is 0.254 e. The van der Waals surface area contributed by atoms with E-state index in [-0.39, 0.29) is 30.0 Å². The minimum Gasteiger partial charge on any atom is -0.507 e. The van der Waals surface area contributed by atoms with E-state index in [9.17, 15) is 24.3 Å². The summed E-state index contributed by atoms with van der Waals surface area (Å²) in [5, 5.41) is 13.4. The number of phenolic OH excluding ortho intramolecular Hbond substituents is 1. The van der Waals surface area contributed by atoms with Crippen LogP contribution in [0.1, 0.15) is 24.3 Å². The molecule has 7 nitrogen and oxygen atoms in total. The summed E-state index contributed by atoms with van der Waals surface area (Å²) in [7, 11) is 0. The molecule has 6 atom stereocenters. The van der Waals surface area contributed by atoms with E-state index in [1.165, 1.54) is 4.90 Å². The first-order valence-electron chi connectivity index (χ1n) is 13.4. The number of alkyl halides is 3. The monoisotopic (exact) mass is 686 g/mol. The highest BCUT2D eigenvalue weighted by molar-refractivity contribution is 9.09. The lowest BCUT2D eigenvalue weighted by atomic mass is 9.56. The van der Waals surface area contributed by atoms with Gasteiger partial charge in [0.2, 0.25) is 11.8 Å². The number of rotatable bonds is 3. The molecule has 6 unspecified atom stereocenters. The molecule has 2 saturated heterocycles. The number of halogens is 4. The highest BCUT2D eigenvalue weighted by atomic mass is 79.9. The Morgan fingerprint density at radius 1 is 0.905 bits per heavy atom. The summed E-state index contributed by atoms with van der Waals surface area (Å²) >= 11 is 23.8. The zero-order valence-corrected chi connectivity index (χ0v) is 25.6. The van der Waals surface area contributed by atoms with Crippen LogP contribution in [0.3, 0.4) is 0 Å². The van der Waals surface area contributed by atoms with Gasteiger partial charge in [-0.2, -0.15) is 0 Å². The third-order valence-electron chi connectivity index (χ3n) is 9.34. The Morgan fingerprint density at radius 2 is 1.62 bits per heavy atom. The van der Waals surface area contributed by atoms with Crippen LogP contribution in [0.4, 0.5) is 5.69 Å². The number of likely N-dealkylation sites (tertiary alicyclic amines) is 1. The number of aromatic hydroxyl groups is 1. The molecule has 11 heteroatoms. The van der Waals surface area contributed by atoms with Crippen molar-refractivity contribution in [3.63, 3.8) is 0 Å². The molecule has 0 bridgehead atoms. The van der Waals surface area contributed by atoms with E-state index in [4.69, 9.17) is 34.8 Å². The van der Waals surface area contributed by atoms with E-state index in [0.29, 0.717) is 27.2 Å². The number of imide groups is 2. The molecular formula is C31H22BrCl3N2O5. The number of carbonyl (C=O) groups excluding carboxylic acids is 4. The standard InChI is InChI=1S/C31H22BrCl3N2O5/c32-14-36-28(41)30(34)13-22-19(11-12-20-23(22)27(40)37(26(20)39)17-8-6-16(33)7-9-17)24(31(30,35)29(36)42)21-10-5-15-3-1-2-4-18(15)25(21)38/h1-11,20,22-24,38H,12-14H2. The quantitative estimate of drug-likeness (QED) is 0.155. The Morgan fingerprint density at radius 3 is 2.33 bits per heavy atom. The molecule has 1 saturated carbocycles. The van der Waals surface area contributed by atoms with Crippen LogP contribution in [0.5, 0.6) is 5.75 Å². The van der Waals surface area contributed by atoms with Gasteiger partial charge >= 0.3 is 0 Å². The summed E-state index contributed by atoms with van der Waals surface area (Å²) in [6.07, 6.45) is 1.94. The van der Waals surface area contributed by atoms with Crippen LogP contribution in [-0.2, 0) is 19.2 Å². The van der Waals surface area contributed by atoms with Crippen molar-refractivity contribution in [3.8, 4) is 5.75 Å². The average molecular weight is 689 g/mol. The maximum atomic E-state index is 14.1. The van der Waals surface area contributed by atoms with Crippen LogP contribution >= 0.6 is 50.7 Å². The first-order chi connectivity index (χ1) is 20.0. The third-order valence-corrected chi connectivity index (χ3v) is 11.5. The number of benzene rings is 3. The fourth-order valence-electron chi connectivity index (χ4n) is 7.45. The van der Waals surface area contributed by atoms with Crippen molar-refractivity contribution in [3.05, 3.63) is 82.9 Å². The molecule has 2 aliphatic carbocycles. The third kappa shape index (κ3) is 3.46. The van der Waals surface area contributed by atoms with Crippen LogP contribution in [0.25, 0.3) is 10.8 Å². The van der Waals surface area contributed by atoms with E-state index in [1.54, 1.807) is 42.5 Å². The fourth-order valence-corrected chi connectivity index (χ4v) is 8.99. The van der Waals surface area contributed by atoms with E-state index in [0.717, 1.165) is 10.3 Å². The van der Waals surface area contributed by atoms with Gasteiger partial charge in [0, 0.05) is 21.9 Å². The van der Waals surface area contributed by atoms with Gasteiger partial charge in [-0.25, -0.2) is 0 Å². The Hall–Kier alpha value is -2.91. The Kier molecular flexibility index (Phi) is 6.34. The molecule has 3 fully saturated rings. The van der Waals surface area contributed by atoms with E-state index in [2.05, 4.69) is 15.9 Å². The van der Waals surface area contributed by atoms with Crippen molar-refractivity contribution in [2.45, 2.75) is 28.5 Å². The van der Waals surface area contributed by atoms with Gasteiger partial charge in [0.1, 0.15) is 5.75 Å². The van der Waals surface area contributed by atoms with E-state index >= 15 is 0 Å². The summed E-state index contributed by atoms with van der Waals surface area (Å²) in [5.41, 5.74) is 1.22.